The molecule has 2 heterocycles. The van der Waals surface area contributed by atoms with Crippen molar-refractivity contribution in [3.05, 3.63) is 12.2 Å². The molecule has 0 aromatic rings. The smallest absolute Gasteiger partial charge is 0.306 e. The molecule has 2 aliphatic heterocycles. The molecule has 11 atom stereocenters. The van der Waals surface area contributed by atoms with Crippen molar-refractivity contribution >= 4 is 5.97 Å². The van der Waals surface area contributed by atoms with Gasteiger partial charge in [-0.25, -0.2) is 0 Å². The summed E-state index contributed by atoms with van der Waals surface area (Å²) in [6.45, 7) is 3.57. The summed E-state index contributed by atoms with van der Waals surface area (Å²) >= 11 is 0. The van der Waals surface area contributed by atoms with Gasteiger partial charge in [-0.05, 0) is 38.5 Å². The molecule has 62 heavy (non-hydrogen) atoms. The summed E-state index contributed by atoms with van der Waals surface area (Å²) < 4.78 is 34.0. The quantitative estimate of drug-likeness (QED) is 0.0195. The molecule has 2 fully saturated rings. The van der Waals surface area contributed by atoms with Crippen LogP contribution < -0.4 is 0 Å². The van der Waals surface area contributed by atoms with Crippen LogP contribution in [0.2, 0.25) is 0 Å². The first kappa shape index (κ1) is 56.9. The Labute approximate surface area is 374 Å². The first-order valence-corrected chi connectivity index (χ1v) is 24.8. The van der Waals surface area contributed by atoms with E-state index in [1.807, 2.05) is 0 Å². The average Bonchev–Trinajstić information content (AvgIpc) is 3.27. The molecular formula is C48H90O14. The van der Waals surface area contributed by atoms with E-state index in [-0.39, 0.29) is 19.6 Å². The maximum absolute atomic E-state index is 12.7. The zero-order valence-electron chi connectivity index (χ0n) is 38.6. The highest BCUT2D eigenvalue weighted by Gasteiger charge is 2.47. The summed E-state index contributed by atoms with van der Waals surface area (Å²) in [5, 5.41) is 71.7. The zero-order valence-corrected chi connectivity index (χ0v) is 38.6. The van der Waals surface area contributed by atoms with E-state index in [9.17, 15) is 40.5 Å². The lowest BCUT2D eigenvalue weighted by molar-refractivity contribution is -0.332. The third-order valence-corrected chi connectivity index (χ3v) is 12.0. The third kappa shape index (κ3) is 24.9. The van der Waals surface area contributed by atoms with E-state index < -0.39 is 86.7 Å². The van der Waals surface area contributed by atoms with Crippen molar-refractivity contribution in [2.24, 2.45) is 0 Å². The first-order chi connectivity index (χ1) is 30.1. The molecule has 0 aromatic carbocycles. The first-order valence-electron chi connectivity index (χ1n) is 24.8. The molecule has 11 unspecified atom stereocenters. The molecule has 2 saturated heterocycles. The standard InChI is InChI=1S/C48H90O14/c1-3-5-7-9-10-11-12-13-14-15-16-17-18-19-20-21-22-23-24-25-26-27-28-30-32-57-34-37(60-40(50)31-29-8-6-4-2)35-58-47-46(56)44(54)42(52)39(62-47)36-59-48-45(55)43(53)41(51)38(33-49)61-48/h15-16,37-39,41-49,51-56H,3-14,17-36H2,1-2H3/b16-15-. The number of esters is 1. The molecule has 0 radical (unpaired) electrons. The SMILES string of the molecule is CCCCCCCCCC/C=C\CCCCCCCCCCCCCCOCC(COC1OC(COC2OC(CO)C(O)C(O)C2O)C(O)C(O)C1O)OC(=O)CCCCCC. The lowest BCUT2D eigenvalue weighted by Gasteiger charge is -2.42. The number of hydrogen-bond acceptors (Lipinski definition) is 14. The monoisotopic (exact) mass is 891 g/mol. The van der Waals surface area contributed by atoms with E-state index in [1.54, 1.807) is 0 Å². The summed E-state index contributed by atoms with van der Waals surface area (Å²) in [6, 6.07) is 0. The van der Waals surface area contributed by atoms with Gasteiger partial charge in [0.1, 0.15) is 54.9 Å². The molecule has 14 heteroatoms. The van der Waals surface area contributed by atoms with Crippen LogP contribution >= 0.6 is 0 Å². The highest BCUT2D eigenvalue weighted by Crippen LogP contribution is 2.26. The van der Waals surface area contributed by atoms with E-state index in [2.05, 4.69) is 26.0 Å². The number of hydrogen-bond donors (Lipinski definition) is 7. The number of rotatable bonds is 39. The fraction of sp³-hybridized carbons (Fsp3) is 0.938. The molecule has 2 aliphatic rings. The second-order valence-electron chi connectivity index (χ2n) is 17.6. The summed E-state index contributed by atoms with van der Waals surface area (Å²) in [5.74, 6) is -0.392. The Hall–Kier alpha value is -1.27. The van der Waals surface area contributed by atoms with Crippen molar-refractivity contribution in [2.45, 2.75) is 255 Å². The highest BCUT2D eigenvalue weighted by atomic mass is 16.7. The van der Waals surface area contributed by atoms with Gasteiger partial charge >= 0.3 is 5.97 Å². The van der Waals surface area contributed by atoms with Gasteiger partial charge in [-0.2, -0.15) is 0 Å². The molecule has 2 rings (SSSR count). The zero-order chi connectivity index (χ0) is 45.2. The number of unbranched alkanes of at least 4 members (excludes halogenated alkanes) is 23. The number of carbonyl (C=O) groups is 1. The Morgan fingerprint density at radius 1 is 0.516 bits per heavy atom. The maximum Gasteiger partial charge on any atom is 0.306 e. The van der Waals surface area contributed by atoms with Crippen LogP contribution in [0.5, 0.6) is 0 Å². The second-order valence-corrected chi connectivity index (χ2v) is 17.6. The molecule has 366 valence electrons. The van der Waals surface area contributed by atoms with Gasteiger partial charge in [0.25, 0.3) is 0 Å². The minimum atomic E-state index is -1.70. The number of allylic oxidation sites excluding steroid dienone is 2. The molecule has 0 aliphatic carbocycles. The van der Waals surface area contributed by atoms with Crippen molar-refractivity contribution in [1.29, 1.82) is 0 Å². The maximum atomic E-state index is 12.7. The van der Waals surface area contributed by atoms with E-state index in [1.165, 1.54) is 122 Å². The van der Waals surface area contributed by atoms with E-state index >= 15 is 0 Å². The van der Waals surface area contributed by atoms with Gasteiger partial charge in [0, 0.05) is 13.0 Å². The molecule has 7 N–H and O–H groups in total. The molecule has 0 aromatic heterocycles. The van der Waals surface area contributed by atoms with Gasteiger partial charge in [0.05, 0.1) is 26.4 Å². The average molecular weight is 891 g/mol. The number of aliphatic hydroxyl groups excluding tert-OH is 7. The topological polar surface area (TPSA) is 214 Å². The van der Waals surface area contributed by atoms with Crippen molar-refractivity contribution in [1.82, 2.24) is 0 Å². The van der Waals surface area contributed by atoms with Gasteiger partial charge in [-0.3, -0.25) is 4.79 Å². The van der Waals surface area contributed by atoms with E-state index in [0.717, 1.165) is 38.5 Å². The fourth-order valence-electron chi connectivity index (χ4n) is 7.93. The van der Waals surface area contributed by atoms with Gasteiger partial charge < -0.3 is 64.2 Å². The summed E-state index contributed by atoms with van der Waals surface area (Å²) in [5.41, 5.74) is 0. The van der Waals surface area contributed by atoms with Crippen molar-refractivity contribution in [3.63, 3.8) is 0 Å². The number of carbonyl (C=O) groups excluding carboxylic acids is 1. The summed E-state index contributed by atoms with van der Waals surface area (Å²) in [6.07, 6.45) is 20.8. The lowest BCUT2D eigenvalue weighted by atomic mass is 9.98. The summed E-state index contributed by atoms with van der Waals surface area (Å²) in [4.78, 5) is 12.7. The largest absolute Gasteiger partial charge is 0.457 e. The van der Waals surface area contributed by atoms with E-state index in [0.29, 0.717) is 13.0 Å². The minimum absolute atomic E-state index is 0.0639. The second kappa shape index (κ2) is 36.9. The van der Waals surface area contributed by atoms with Crippen LogP contribution in [0.4, 0.5) is 0 Å². The van der Waals surface area contributed by atoms with Crippen LogP contribution in [0.3, 0.4) is 0 Å². The third-order valence-electron chi connectivity index (χ3n) is 12.0. The van der Waals surface area contributed by atoms with Gasteiger partial charge in [-0.1, -0.05) is 154 Å². The Kier molecular flexibility index (Phi) is 33.8. The molecular weight excluding hydrogens is 801 g/mol. The minimum Gasteiger partial charge on any atom is -0.457 e. The number of aliphatic hydroxyl groups is 7. The van der Waals surface area contributed by atoms with Crippen LogP contribution in [0.15, 0.2) is 12.2 Å². The van der Waals surface area contributed by atoms with Gasteiger partial charge in [-0.15, -0.1) is 0 Å². The lowest BCUT2D eigenvalue weighted by Crippen LogP contribution is -2.61. The van der Waals surface area contributed by atoms with Crippen molar-refractivity contribution in [2.75, 3.05) is 33.0 Å². The molecule has 14 nitrogen and oxygen atoms in total. The summed E-state index contributed by atoms with van der Waals surface area (Å²) in [7, 11) is 0. The Bertz CT molecular complexity index is 1080. The molecule has 0 saturated carbocycles. The Morgan fingerprint density at radius 2 is 0.952 bits per heavy atom. The predicted molar refractivity (Wildman–Crippen MR) is 238 cm³/mol. The van der Waals surface area contributed by atoms with Crippen molar-refractivity contribution < 1.29 is 69.0 Å². The van der Waals surface area contributed by atoms with Crippen LogP contribution in [0.25, 0.3) is 0 Å². The van der Waals surface area contributed by atoms with Crippen LogP contribution in [-0.4, -0.2) is 142 Å². The number of ether oxygens (including phenoxy) is 6. The Balaban J connectivity index is 1.61. The normalized spacial score (nSPS) is 27.2. The van der Waals surface area contributed by atoms with E-state index in [4.69, 9.17) is 28.4 Å². The van der Waals surface area contributed by atoms with Crippen LogP contribution in [0.1, 0.15) is 187 Å². The Morgan fingerprint density at radius 3 is 1.47 bits per heavy atom. The predicted octanol–water partition coefficient (Wildman–Crippen LogP) is 6.68. The van der Waals surface area contributed by atoms with Crippen molar-refractivity contribution in [3.8, 4) is 0 Å². The van der Waals surface area contributed by atoms with Gasteiger partial charge in [0.15, 0.2) is 12.6 Å². The molecule has 0 bridgehead atoms. The van der Waals surface area contributed by atoms with Crippen LogP contribution in [-0.2, 0) is 33.2 Å². The highest BCUT2D eigenvalue weighted by molar-refractivity contribution is 5.69. The molecule has 0 spiro atoms. The fourth-order valence-corrected chi connectivity index (χ4v) is 7.93. The van der Waals surface area contributed by atoms with Crippen LogP contribution in [0, 0.1) is 0 Å². The van der Waals surface area contributed by atoms with Gasteiger partial charge in [0.2, 0.25) is 0 Å². The molecule has 0 amide bonds.